The third-order valence-corrected chi connectivity index (χ3v) is 3.96. The molecule has 0 amide bonds. The third-order valence-electron chi connectivity index (χ3n) is 3.96. The maximum atomic E-state index is 11.8. The summed E-state index contributed by atoms with van der Waals surface area (Å²) < 4.78 is 15.3. The van der Waals surface area contributed by atoms with E-state index in [0.717, 1.165) is 18.4 Å². The first kappa shape index (κ1) is 17.7. The van der Waals surface area contributed by atoms with Crippen molar-refractivity contribution in [2.75, 3.05) is 14.2 Å². The fourth-order valence-corrected chi connectivity index (χ4v) is 2.31. The maximum Gasteiger partial charge on any atom is 0.337 e. The number of rotatable bonds is 6. The van der Waals surface area contributed by atoms with Gasteiger partial charge in [0, 0.05) is 6.21 Å². The lowest BCUT2D eigenvalue weighted by molar-refractivity contribution is -0.135. The van der Waals surface area contributed by atoms with Gasteiger partial charge in [-0.1, -0.05) is 0 Å². The smallest absolute Gasteiger partial charge is 0.337 e. The second-order valence-electron chi connectivity index (χ2n) is 5.90. The topological polar surface area (TPSA) is 74.2 Å². The molecule has 3 rings (SSSR count). The summed E-state index contributed by atoms with van der Waals surface area (Å²) in [4.78, 5) is 27.6. The largest absolute Gasteiger partial charge is 0.493 e. The van der Waals surface area contributed by atoms with E-state index in [0.29, 0.717) is 22.7 Å². The van der Waals surface area contributed by atoms with Crippen molar-refractivity contribution in [2.24, 2.45) is 10.9 Å². The van der Waals surface area contributed by atoms with Crippen molar-refractivity contribution < 1.29 is 23.8 Å². The van der Waals surface area contributed by atoms with Crippen LogP contribution in [-0.4, -0.2) is 32.4 Å². The van der Waals surface area contributed by atoms with Crippen LogP contribution in [0.1, 0.15) is 28.8 Å². The van der Waals surface area contributed by atoms with Gasteiger partial charge in [-0.05, 0) is 60.9 Å². The highest BCUT2D eigenvalue weighted by atomic mass is 16.6. The second-order valence-corrected chi connectivity index (χ2v) is 5.90. The minimum absolute atomic E-state index is 0.0221. The molecule has 2 aromatic carbocycles. The van der Waals surface area contributed by atoms with Gasteiger partial charge in [-0.3, -0.25) is 9.79 Å². The first-order chi connectivity index (χ1) is 12.6. The van der Waals surface area contributed by atoms with Crippen LogP contribution in [0.25, 0.3) is 0 Å². The normalized spacial score (nSPS) is 13.5. The minimum atomic E-state index is -0.387. The van der Waals surface area contributed by atoms with E-state index >= 15 is 0 Å². The molecular formula is C20H19NO5. The molecule has 0 heterocycles. The summed E-state index contributed by atoms with van der Waals surface area (Å²) in [5.74, 6) is 0.305. The molecule has 0 radical (unpaired) electrons. The average molecular weight is 353 g/mol. The molecule has 1 aliphatic rings. The highest BCUT2D eigenvalue weighted by Crippen LogP contribution is 2.34. The summed E-state index contributed by atoms with van der Waals surface area (Å²) >= 11 is 0. The highest BCUT2D eigenvalue weighted by molar-refractivity contribution is 5.90. The van der Waals surface area contributed by atoms with Crippen molar-refractivity contribution in [1.82, 2.24) is 0 Å². The lowest BCUT2D eigenvalue weighted by Gasteiger charge is -2.09. The molecule has 0 saturated heterocycles. The van der Waals surface area contributed by atoms with Crippen LogP contribution in [0, 0.1) is 5.92 Å². The zero-order valence-electron chi connectivity index (χ0n) is 14.6. The van der Waals surface area contributed by atoms with Crippen LogP contribution in [0.3, 0.4) is 0 Å². The average Bonchev–Trinajstić information content (AvgIpc) is 3.52. The maximum absolute atomic E-state index is 11.8. The Labute approximate surface area is 151 Å². The van der Waals surface area contributed by atoms with E-state index in [-0.39, 0.29) is 17.9 Å². The number of hydrogen-bond acceptors (Lipinski definition) is 6. The number of benzene rings is 2. The fourth-order valence-electron chi connectivity index (χ4n) is 2.31. The number of carbonyl (C=O) groups is 2. The summed E-state index contributed by atoms with van der Waals surface area (Å²) in [5, 5.41) is 0. The number of esters is 2. The Morgan fingerprint density at radius 1 is 1.04 bits per heavy atom. The van der Waals surface area contributed by atoms with Gasteiger partial charge >= 0.3 is 11.9 Å². The molecule has 134 valence electrons. The molecule has 2 aromatic rings. The number of carbonyl (C=O) groups excluding carboxylic acids is 2. The number of aliphatic imine (C=N–C) groups is 1. The Kier molecular flexibility index (Phi) is 5.31. The predicted molar refractivity (Wildman–Crippen MR) is 96.4 cm³/mol. The first-order valence-corrected chi connectivity index (χ1v) is 8.23. The standard InChI is InChI=1S/C20H19NO5/c1-24-18-11-13(3-10-17(18)26-20(23)15-4-5-15)12-21-16-8-6-14(7-9-16)19(22)25-2/h3,6-12,15H,4-5H2,1-2H3. The quantitative estimate of drug-likeness (QED) is 0.451. The van der Waals surface area contributed by atoms with E-state index in [1.165, 1.54) is 14.2 Å². The van der Waals surface area contributed by atoms with Crippen LogP contribution in [0.15, 0.2) is 47.5 Å². The number of ether oxygens (including phenoxy) is 3. The molecule has 1 saturated carbocycles. The first-order valence-electron chi connectivity index (χ1n) is 8.23. The van der Waals surface area contributed by atoms with E-state index in [9.17, 15) is 9.59 Å². The van der Waals surface area contributed by atoms with Gasteiger partial charge in [-0.2, -0.15) is 0 Å². The Morgan fingerprint density at radius 3 is 2.38 bits per heavy atom. The molecule has 26 heavy (non-hydrogen) atoms. The zero-order chi connectivity index (χ0) is 18.5. The number of methoxy groups -OCH3 is 2. The van der Waals surface area contributed by atoms with Gasteiger partial charge in [0.05, 0.1) is 31.4 Å². The van der Waals surface area contributed by atoms with Crippen molar-refractivity contribution in [1.29, 1.82) is 0 Å². The fraction of sp³-hybridized carbons (Fsp3) is 0.250. The van der Waals surface area contributed by atoms with Gasteiger partial charge in [-0.25, -0.2) is 4.79 Å². The molecule has 0 aliphatic heterocycles. The SMILES string of the molecule is COC(=O)c1ccc(N=Cc2ccc(OC(=O)C3CC3)c(OC)c2)cc1. The number of hydrogen-bond donors (Lipinski definition) is 0. The van der Waals surface area contributed by atoms with Crippen molar-refractivity contribution in [2.45, 2.75) is 12.8 Å². The Hall–Kier alpha value is -3.15. The summed E-state index contributed by atoms with van der Waals surface area (Å²) in [6.45, 7) is 0. The summed E-state index contributed by atoms with van der Waals surface area (Å²) in [5.41, 5.74) is 1.96. The Balaban J connectivity index is 1.71. The molecule has 0 bridgehead atoms. The molecule has 1 fully saturated rings. The van der Waals surface area contributed by atoms with E-state index < -0.39 is 0 Å². The molecule has 0 unspecified atom stereocenters. The van der Waals surface area contributed by atoms with Crippen molar-refractivity contribution >= 4 is 23.8 Å². The van der Waals surface area contributed by atoms with Crippen LogP contribution in [0.5, 0.6) is 11.5 Å². The number of nitrogens with zero attached hydrogens (tertiary/aromatic N) is 1. The Morgan fingerprint density at radius 2 is 1.77 bits per heavy atom. The van der Waals surface area contributed by atoms with Crippen LogP contribution in [-0.2, 0) is 9.53 Å². The van der Waals surface area contributed by atoms with Gasteiger partial charge in [0.25, 0.3) is 0 Å². The molecule has 1 aliphatic carbocycles. The van der Waals surface area contributed by atoms with Gasteiger partial charge in [0.15, 0.2) is 11.5 Å². The molecule has 0 spiro atoms. The summed E-state index contributed by atoms with van der Waals surface area (Å²) in [6, 6.07) is 12.0. The van der Waals surface area contributed by atoms with E-state index in [2.05, 4.69) is 9.73 Å². The van der Waals surface area contributed by atoms with Crippen molar-refractivity contribution in [3.05, 3.63) is 53.6 Å². The molecule has 0 N–H and O–H groups in total. The van der Waals surface area contributed by atoms with Crippen molar-refractivity contribution in [3.8, 4) is 11.5 Å². The van der Waals surface area contributed by atoms with E-state index in [1.807, 2.05) is 0 Å². The molecule has 0 atom stereocenters. The second kappa shape index (κ2) is 7.82. The Bertz CT molecular complexity index is 838. The lowest BCUT2D eigenvalue weighted by atomic mass is 10.2. The van der Waals surface area contributed by atoms with Crippen LogP contribution >= 0.6 is 0 Å². The molecule has 6 heteroatoms. The van der Waals surface area contributed by atoms with Gasteiger partial charge < -0.3 is 14.2 Å². The minimum Gasteiger partial charge on any atom is -0.493 e. The van der Waals surface area contributed by atoms with Crippen molar-refractivity contribution in [3.63, 3.8) is 0 Å². The third kappa shape index (κ3) is 4.27. The predicted octanol–water partition coefficient (Wildman–Crippen LogP) is 3.55. The van der Waals surface area contributed by atoms with Crippen LogP contribution in [0.4, 0.5) is 5.69 Å². The van der Waals surface area contributed by atoms with Crippen LogP contribution in [0.2, 0.25) is 0 Å². The van der Waals surface area contributed by atoms with E-state index in [1.54, 1.807) is 48.7 Å². The van der Waals surface area contributed by atoms with Gasteiger partial charge in [0.2, 0.25) is 0 Å². The molecule has 0 aromatic heterocycles. The zero-order valence-corrected chi connectivity index (χ0v) is 14.6. The monoisotopic (exact) mass is 353 g/mol. The van der Waals surface area contributed by atoms with Crippen LogP contribution < -0.4 is 9.47 Å². The molecular weight excluding hydrogens is 334 g/mol. The summed E-state index contributed by atoms with van der Waals surface area (Å²) in [6.07, 6.45) is 3.45. The van der Waals surface area contributed by atoms with E-state index in [4.69, 9.17) is 9.47 Å². The van der Waals surface area contributed by atoms with Gasteiger partial charge in [0.1, 0.15) is 0 Å². The summed E-state index contributed by atoms with van der Waals surface area (Å²) in [7, 11) is 2.86. The van der Waals surface area contributed by atoms with Gasteiger partial charge in [-0.15, -0.1) is 0 Å². The molecule has 6 nitrogen and oxygen atoms in total. The lowest BCUT2D eigenvalue weighted by Crippen LogP contribution is -2.10. The highest BCUT2D eigenvalue weighted by Gasteiger charge is 2.32.